The molecule has 3 heteroatoms. The smallest absolute Gasteiger partial charge is 0.243 e. The predicted octanol–water partition coefficient (Wildman–Crippen LogP) is 3.44. The molecule has 0 saturated carbocycles. The van der Waals surface area contributed by atoms with Crippen molar-refractivity contribution in [3.05, 3.63) is 63.9 Å². The van der Waals surface area contributed by atoms with E-state index in [1.54, 1.807) is 6.08 Å². The molecule has 0 bridgehead atoms. The molecule has 84 valence electrons. The Labute approximate surface area is 95.3 Å². The molecule has 0 atom stereocenters. The predicted molar refractivity (Wildman–Crippen MR) is 65.6 cm³/mol. The van der Waals surface area contributed by atoms with E-state index in [0.717, 1.165) is 24.0 Å². The largest absolute Gasteiger partial charge is 0.259 e. The quantitative estimate of drug-likeness (QED) is 0.430. The van der Waals surface area contributed by atoms with E-state index in [2.05, 4.69) is 6.58 Å². The van der Waals surface area contributed by atoms with Crippen LogP contribution >= 0.6 is 0 Å². The van der Waals surface area contributed by atoms with E-state index >= 15 is 0 Å². The highest BCUT2D eigenvalue weighted by atomic mass is 16.6. The van der Waals surface area contributed by atoms with E-state index < -0.39 is 0 Å². The molecule has 0 unspecified atom stereocenters. The lowest BCUT2D eigenvalue weighted by atomic mass is 10.0. The second-order valence-electron chi connectivity index (χ2n) is 3.57. The highest BCUT2D eigenvalue weighted by Gasteiger charge is 2.04. The fourth-order valence-electron chi connectivity index (χ4n) is 1.44. The number of hydrogen-bond acceptors (Lipinski definition) is 2. The lowest BCUT2D eigenvalue weighted by Gasteiger charge is -2.03. The summed E-state index contributed by atoms with van der Waals surface area (Å²) < 4.78 is 0. The summed E-state index contributed by atoms with van der Waals surface area (Å²) >= 11 is 0. The van der Waals surface area contributed by atoms with Crippen molar-refractivity contribution >= 4 is 6.08 Å². The van der Waals surface area contributed by atoms with Crippen LogP contribution in [0.25, 0.3) is 6.08 Å². The molecular formula is C13H15NO2. The normalized spacial score (nSPS) is 11.2. The monoisotopic (exact) mass is 217 g/mol. The Morgan fingerprint density at radius 3 is 2.81 bits per heavy atom. The number of nitro groups is 1. The fraction of sp³-hybridized carbons (Fsp3) is 0.231. The molecular weight excluding hydrogens is 202 g/mol. The maximum Gasteiger partial charge on any atom is 0.243 e. The van der Waals surface area contributed by atoms with Crippen molar-refractivity contribution in [2.45, 2.75) is 19.8 Å². The van der Waals surface area contributed by atoms with Crippen molar-refractivity contribution in [2.24, 2.45) is 0 Å². The first-order chi connectivity index (χ1) is 7.65. The first-order valence-electron chi connectivity index (χ1n) is 5.16. The van der Waals surface area contributed by atoms with Crippen LogP contribution in [0.4, 0.5) is 0 Å². The Morgan fingerprint density at radius 2 is 2.19 bits per heavy atom. The van der Waals surface area contributed by atoms with Crippen molar-refractivity contribution in [3.8, 4) is 0 Å². The first-order valence-corrected chi connectivity index (χ1v) is 5.16. The standard InChI is InChI=1S/C13H15NO2/c1-3-4-7-12-8-5-6-9-13(12)10-11(2)14(15)16/h3,5-6,8-10H,1,4,7H2,2H3/b11-10+. The van der Waals surface area contributed by atoms with E-state index in [0.29, 0.717) is 0 Å². The van der Waals surface area contributed by atoms with Crippen LogP contribution in [0.15, 0.2) is 42.6 Å². The number of aryl methyl sites for hydroxylation is 1. The Morgan fingerprint density at radius 1 is 1.50 bits per heavy atom. The molecule has 1 rings (SSSR count). The van der Waals surface area contributed by atoms with Crippen LogP contribution in [0.3, 0.4) is 0 Å². The lowest BCUT2D eigenvalue weighted by molar-refractivity contribution is -0.422. The van der Waals surface area contributed by atoms with Crippen molar-refractivity contribution in [2.75, 3.05) is 0 Å². The average molecular weight is 217 g/mol. The third-order valence-corrected chi connectivity index (χ3v) is 2.33. The summed E-state index contributed by atoms with van der Waals surface area (Å²) in [4.78, 5) is 10.2. The maximum atomic E-state index is 10.6. The van der Waals surface area contributed by atoms with Gasteiger partial charge in [0.25, 0.3) is 0 Å². The van der Waals surface area contributed by atoms with Gasteiger partial charge in [-0.2, -0.15) is 0 Å². The van der Waals surface area contributed by atoms with Gasteiger partial charge in [-0.05, 0) is 24.0 Å². The summed E-state index contributed by atoms with van der Waals surface area (Å²) in [6, 6.07) is 7.71. The van der Waals surface area contributed by atoms with Crippen molar-refractivity contribution in [3.63, 3.8) is 0 Å². The van der Waals surface area contributed by atoms with E-state index in [1.165, 1.54) is 6.92 Å². The molecule has 16 heavy (non-hydrogen) atoms. The second-order valence-corrected chi connectivity index (χ2v) is 3.57. The molecule has 1 aromatic rings. The van der Waals surface area contributed by atoms with Gasteiger partial charge >= 0.3 is 0 Å². The van der Waals surface area contributed by atoms with Gasteiger partial charge < -0.3 is 0 Å². The maximum absolute atomic E-state index is 10.6. The Bertz CT molecular complexity index is 422. The number of nitrogens with zero attached hydrogens (tertiary/aromatic N) is 1. The van der Waals surface area contributed by atoms with Crippen LogP contribution in [0.5, 0.6) is 0 Å². The zero-order chi connectivity index (χ0) is 12.0. The molecule has 0 aliphatic carbocycles. The third kappa shape index (κ3) is 3.35. The molecule has 0 aromatic heterocycles. The molecule has 0 saturated heterocycles. The molecule has 0 aliphatic heterocycles. The van der Waals surface area contributed by atoms with Gasteiger partial charge in [0, 0.05) is 13.0 Å². The van der Waals surface area contributed by atoms with Crippen LogP contribution in [0, 0.1) is 10.1 Å². The van der Waals surface area contributed by atoms with Gasteiger partial charge in [-0.25, -0.2) is 0 Å². The van der Waals surface area contributed by atoms with Gasteiger partial charge in [-0.1, -0.05) is 30.3 Å². The minimum atomic E-state index is -0.371. The summed E-state index contributed by atoms with van der Waals surface area (Å²) in [7, 11) is 0. The van der Waals surface area contributed by atoms with Gasteiger partial charge in [-0.15, -0.1) is 6.58 Å². The molecule has 0 radical (unpaired) electrons. The summed E-state index contributed by atoms with van der Waals surface area (Å²) in [6.45, 7) is 5.18. The Balaban J connectivity index is 2.98. The second kappa shape index (κ2) is 5.85. The van der Waals surface area contributed by atoms with Crippen LogP contribution in [0.1, 0.15) is 24.5 Å². The van der Waals surface area contributed by atoms with E-state index in [-0.39, 0.29) is 10.6 Å². The molecule has 3 nitrogen and oxygen atoms in total. The first kappa shape index (κ1) is 12.2. The summed E-state index contributed by atoms with van der Waals surface area (Å²) in [5.41, 5.74) is 2.19. The topological polar surface area (TPSA) is 43.1 Å². The van der Waals surface area contributed by atoms with E-state index in [1.807, 2.05) is 30.3 Å². The average Bonchev–Trinajstić information content (AvgIpc) is 2.27. The van der Waals surface area contributed by atoms with Gasteiger partial charge in [0.2, 0.25) is 5.70 Å². The van der Waals surface area contributed by atoms with Crippen molar-refractivity contribution in [1.29, 1.82) is 0 Å². The minimum Gasteiger partial charge on any atom is -0.259 e. The molecule has 0 N–H and O–H groups in total. The highest BCUT2D eigenvalue weighted by molar-refractivity contribution is 5.55. The third-order valence-electron chi connectivity index (χ3n) is 2.33. The molecule has 1 aromatic carbocycles. The molecule has 0 heterocycles. The summed E-state index contributed by atoms with van der Waals surface area (Å²) in [5.74, 6) is 0. The van der Waals surface area contributed by atoms with E-state index in [9.17, 15) is 10.1 Å². The van der Waals surface area contributed by atoms with Crippen molar-refractivity contribution in [1.82, 2.24) is 0 Å². The van der Waals surface area contributed by atoms with Crippen LogP contribution < -0.4 is 0 Å². The van der Waals surface area contributed by atoms with Gasteiger partial charge in [0.05, 0.1) is 4.92 Å². The molecule has 0 aliphatic rings. The molecule has 0 fully saturated rings. The SMILES string of the molecule is C=CCCc1ccccc1/C=C(\C)[N+](=O)[O-]. The van der Waals surface area contributed by atoms with Crippen molar-refractivity contribution < 1.29 is 4.92 Å². The minimum absolute atomic E-state index is 0.158. The van der Waals surface area contributed by atoms with E-state index in [4.69, 9.17) is 0 Å². The zero-order valence-corrected chi connectivity index (χ0v) is 9.35. The molecule has 0 spiro atoms. The van der Waals surface area contributed by atoms with Crippen LogP contribution in [-0.4, -0.2) is 4.92 Å². The van der Waals surface area contributed by atoms with Crippen LogP contribution in [0.2, 0.25) is 0 Å². The summed E-state index contributed by atoms with van der Waals surface area (Å²) in [6.07, 6.45) is 5.20. The molecule has 0 amide bonds. The zero-order valence-electron chi connectivity index (χ0n) is 9.35. The number of rotatable bonds is 5. The number of allylic oxidation sites excluding steroid dienone is 2. The lowest BCUT2D eigenvalue weighted by Crippen LogP contribution is -1.95. The van der Waals surface area contributed by atoms with Gasteiger partial charge in [0.15, 0.2) is 0 Å². The van der Waals surface area contributed by atoms with Crippen LogP contribution in [-0.2, 0) is 6.42 Å². The Hall–Kier alpha value is -1.90. The fourth-order valence-corrected chi connectivity index (χ4v) is 1.44. The summed E-state index contributed by atoms with van der Waals surface area (Å²) in [5, 5.41) is 10.6. The highest BCUT2D eigenvalue weighted by Crippen LogP contribution is 2.15. The number of hydrogen-bond donors (Lipinski definition) is 0. The number of benzene rings is 1. The Kier molecular flexibility index (Phi) is 4.45. The van der Waals surface area contributed by atoms with Gasteiger partial charge in [0.1, 0.15) is 0 Å². The van der Waals surface area contributed by atoms with Gasteiger partial charge in [-0.3, -0.25) is 10.1 Å².